The highest BCUT2D eigenvalue weighted by Crippen LogP contribution is 2.36. The molecule has 1 saturated carbocycles. The number of guanidine groups is 1. The van der Waals surface area contributed by atoms with E-state index >= 15 is 0 Å². The summed E-state index contributed by atoms with van der Waals surface area (Å²) in [5.74, 6) is 0.751. The van der Waals surface area contributed by atoms with Gasteiger partial charge < -0.3 is 10.6 Å². The number of hydrogen-bond donors (Lipinski definition) is 1. The number of nitrogens with two attached hydrogens (primary N) is 1. The third kappa shape index (κ3) is 2.82. The second-order valence-corrected chi connectivity index (χ2v) is 7.29. The maximum atomic E-state index is 6.16. The van der Waals surface area contributed by atoms with Crippen LogP contribution in [0.1, 0.15) is 49.4 Å². The Morgan fingerprint density at radius 1 is 1.26 bits per heavy atom. The van der Waals surface area contributed by atoms with Gasteiger partial charge in [0.15, 0.2) is 5.96 Å². The van der Waals surface area contributed by atoms with E-state index in [1.54, 1.807) is 11.3 Å². The number of rotatable bonds is 2. The van der Waals surface area contributed by atoms with Crippen LogP contribution in [0.25, 0.3) is 0 Å². The van der Waals surface area contributed by atoms with Crippen molar-refractivity contribution in [1.29, 1.82) is 0 Å². The zero-order valence-corrected chi connectivity index (χ0v) is 13.4. The minimum Gasteiger partial charge on any atom is -0.370 e. The minimum atomic E-state index is 0.361. The van der Waals surface area contributed by atoms with Crippen LogP contribution in [-0.2, 0) is 0 Å². The second kappa shape index (κ2) is 5.83. The molecule has 19 heavy (non-hydrogen) atoms. The number of aliphatic imine (C=N–C) groups is 1. The van der Waals surface area contributed by atoms with Gasteiger partial charge in [0.2, 0.25) is 0 Å². The third-order valence-corrected chi connectivity index (χ3v) is 5.96. The molecular weight excluding hydrogens is 322 g/mol. The molecule has 0 spiro atoms. The van der Waals surface area contributed by atoms with E-state index in [0.29, 0.717) is 12.1 Å². The summed E-state index contributed by atoms with van der Waals surface area (Å²) in [5, 5.41) is 2.15. The topological polar surface area (TPSA) is 41.6 Å². The van der Waals surface area contributed by atoms with Gasteiger partial charge in [0.05, 0.1) is 12.6 Å². The molecule has 104 valence electrons. The summed E-state index contributed by atoms with van der Waals surface area (Å²) < 4.78 is 1.17. The van der Waals surface area contributed by atoms with E-state index in [4.69, 9.17) is 5.73 Å². The lowest BCUT2D eigenvalue weighted by Gasteiger charge is -2.33. The van der Waals surface area contributed by atoms with Gasteiger partial charge in [-0.25, -0.2) is 0 Å². The van der Waals surface area contributed by atoms with Crippen molar-refractivity contribution >= 4 is 33.2 Å². The SMILES string of the molecule is NC1=NCC(c2cc(Br)cs2)N1C1CCCCCC1. The van der Waals surface area contributed by atoms with Crippen LogP contribution in [0.15, 0.2) is 20.9 Å². The number of nitrogens with zero attached hydrogens (tertiary/aromatic N) is 2. The van der Waals surface area contributed by atoms with Gasteiger partial charge in [-0.2, -0.15) is 0 Å². The Hall–Kier alpha value is -0.550. The zero-order valence-electron chi connectivity index (χ0n) is 11.0. The molecular formula is C14H20BrN3S. The Morgan fingerprint density at radius 3 is 2.63 bits per heavy atom. The van der Waals surface area contributed by atoms with Crippen LogP contribution in [-0.4, -0.2) is 23.4 Å². The molecule has 3 nitrogen and oxygen atoms in total. The fourth-order valence-corrected chi connectivity index (χ4v) is 4.75. The summed E-state index contributed by atoms with van der Waals surface area (Å²) in [6.45, 7) is 0.815. The predicted molar refractivity (Wildman–Crippen MR) is 84.6 cm³/mol. The van der Waals surface area contributed by atoms with E-state index in [2.05, 4.69) is 37.3 Å². The lowest BCUT2D eigenvalue weighted by atomic mass is 10.0. The first kappa shape index (κ1) is 13.4. The first-order valence-corrected chi connectivity index (χ1v) is 8.75. The molecule has 1 unspecified atom stereocenters. The maximum absolute atomic E-state index is 6.16. The number of hydrogen-bond acceptors (Lipinski definition) is 4. The second-order valence-electron chi connectivity index (χ2n) is 5.43. The molecule has 1 aromatic rings. The van der Waals surface area contributed by atoms with Gasteiger partial charge in [0, 0.05) is 20.8 Å². The normalized spacial score (nSPS) is 25.4. The summed E-state index contributed by atoms with van der Waals surface area (Å²) in [7, 11) is 0. The van der Waals surface area contributed by atoms with Crippen LogP contribution >= 0.6 is 27.3 Å². The van der Waals surface area contributed by atoms with Crippen LogP contribution < -0.4 is 5.73 Å². The number of thiophene rings is 1. The van der Waals surface area contributed by atoms with E-state index in [1.807, 2.05) is 0 Å². The maximum Gasteiger partial charge on any atom is 0.192 e. The van der Waals surface area contributed by atoms with Crippen LogP contribution in [0.3, 0.4) is 0 Å². The van der Waals surface area contributed by atoms with Gasteiger partial charge in [0.1, 0.15) is 0 Å². The molecule has 0 radical (unpaired) electrons. The quantitative estimate of drug-likeness (QED) is 0.828. The fraction of sp³-hybridized carbons (Fsp3) is 0.643. The zero-order chi connectivity index (χ0) is 13.2. The first-order valence-electron chi connectivity index (χ1n) is 7.08. The summed E-state index contributed by atoms with van der Waals surface area (Å²) >= 11 is 5.35. The third-order valence-electron chi connectivity index (χ3n) is 4.16. The van der Waals surface area contributed by atoms with Gasteiger partial charge in [-0.1, -0.05) is 25.7 Å². The van der Waals surface area contributed by atoms with E-state index in [1.165, 1.54) is 47.9 Å². The molecule has 1 fully saturated rings. The lowest BCUT2D eigenvalue weighted by Crippen LogP contribution is -2.43. The molecule has 5 heteroatoms. The van der Waals surface area contributed by atoms with Crippen molar-refractivity contribution in [3.8, 4) is 0 Å². The summed E-state index contributed by atoms with van der Waals surface area (Å²) in [5.41, 5.74) is 6.16. The molecule has 2 aliphatic rings. The van der Waals surface area contributed by atoms with E-state index in [-0.39, 0.29) is 0 Å². The fourth-order valence-electron chi connectivity index (χ4n) is 3.22. The molecule has 3 rings (SSSR count). The Labute approximate surface area is 127 Å². The van der Waals surface area contributed by atoms with Crippen molar-refractivity contribution < 1.29 is 0 Å². The number of halogens is 1. The molecule has 0 saturated heterocycles. The summed E-state index contributed by atoms with van der Waals surface area (Å²) in [6, 6.07) is 3.16. The molecule has 0 aromatic carbocycles. The van der Waals surface area contributed by atoms with Crippen molar-refractivity contribution in [2.75, 3.05) is 6.54 Å². The Kier molecular flexibility index (Phi) is 4.12. The Balaban J connectivity index is 1.81. The van der Waals surface area contributed by atoms with Crippen molar-refractivity contribution in [3.63, 3.8) is 0 Å². The van der Waals surface area contributed by atoms with Crippen LogP contribution in [0.5, 0.6) is 0 Å². The summed E-state index contributed by atoms with van der Waals surface area (Å²) in [4.78, 5) is 8.27. The molecule has 2 N–H and O–H groups in total. The molecule has 1 aromatic heterocycles. The van der Waals surface area contributed by atoms with Gasteiger partial charge in [0.25, 0.3) is 0 Å². The van der Waals surface area contributed by atoms with Gasteiger partial charge in [-0.05, 0) is 34.8 Å². The molecule has 1 aliphatic carbocycles. The highest BCUT2D eigenvalue weighted by molar-refractivity contribution is 9.10. The van der Waals surface area contributed by atoms with E-state index in [9.17, 15) is 0 Å². The summed E-state index contributed by atoms with van der Waals surface area (Å²) in [6.07, 6.45) is 7.93. The first-order chi connectivity index (χ1) is 9.25. The van der Waals surface area contributed by atoms with Gasteiger partial charge in [-0.15, -0.1) is 11.3 Å². The largest absolute Gasteiger partial charge is 0.370 e. The minimum absolute atomic E-state index is 0.361. The van der Waals surface area contributed by atoms with Gasteiger partial charge >= 0.3 is 0 Å². The highest BCUT2D eigenvalue weighted by atomic mass is 79.9. The molecule has 2 heterocycles. The Morgan fingerprint density at radius 2 is 2.00 bits per heavy atom. The van der Waals surface area contributed by atoms with Gasteiger partial charge in [-0.3, -0.25) is 4.99 Å². The standard InChI is InChI=1S/C14H20BrN3S/c15-10-7-13(19-9-10)12-8-17-14(16)18(12)11-5-3-1-2-4-6-11/h7,9,11-12H,1-6,8H2,(H2,16,17). The lowest BCUT2D eigenvalue weighted by molar-refractivity contribution is 0.240. The smallest absolute Gasteiger partial charge is 0.192 e. The van der Waals surface area contributed by atoms with Crippen molar-refractivity contribution in [3.05, 3.63) is 20.8 Å². The van der Waals surface area contributed by atoms with Crippen LogP contribution in [0.4, 0.5) is 0 Å². The van der Waals surface area contributed by atoms with Crippen molar-refractivity contribution in [1.82, 2.24) is 4.90 Å². The van der Waals surface area contributed by atoms with Crippen molar-refractivity contribution in [2.24, 2.45) is 10.7 Å². The van der Waals surface area contributed by atoms with Crippen LogP contribution in [0, 0.1) is 0 Å². The average molecular weight is 342 g/mol. The van der Waals surface area contributed by atoms with E-state index in [0.717, 1.165) is 12.5 Å². The molecule has 1 atom stereocenters. The van der Waals surface area contributed by atoms with E-state index < -0.39 is 0 Å². The molecule has 1 aliphatic heterocycles. The monoisotopic (exact) mass is 341 g/mol. The highest BCUT2D eigenvalue weighted by Gasteiger charge is 2.34. The predicted octanol–water partition coefficient (Wildman–Crippen LogP) is 3.90. The molecule has 0 amide bonds. The van der Waals surface area contributed by atoms with Crippen LogP contribution in [0.2, 0.25) is 0 Å². The molecule has 0 bridgehead atoms. The Bertz CT molecular complexity index is 463. The average Bonchev–Trinajstić information content (AvgIpc) is 2.87. The van der Waals surface area contributed by atoms with Crippen molar-refractivity contribution in [2.45, 2.75) is 50.6 Å².